The Labute approximate surface area is 193 Å². The molecule has 3 rings (SSSR count). The van der Waals surface area contributed by atoms with Crippen LogP contribution in [0.2, 0.25) is 0 Å². The number of benzene rings is 2. The Hall–Kier alpha value is -2.56. The van der Waals surface area contributed by atoms with Crippen LogP contribution in [0.15, 0.2) is 58.4 Å². The normalized spacial score (nSPS) is 17.7. The molecule has 32 heavy (non-hydrogen) atoms. The second-order valence-corrected chi connectivity index (χ2v) is 10.8. The summed E-state index contributed by atoms with van der Waals surface area (Å²) in [6, 6.07) is 13.6. The lowest BCUT2D eigenvalue weighted by molar-refractivity contribution is -0.129. The van der Waals surface area contributed by atoms with Crippen LogP contribution in [0.5, 0.6) is 11.5 Å². The summed E-state index contributed by atoms with van der Waals surface area (Å²) < 4.78 is 37.3. The van der Waals surface area contributed by atoms with E-state index in [0.29, 0.717) is 35.5 Å². The van der Waals surface area contributed by atoms with Gasteiger partial charge >= 0.3 is 0 Å². The first-order valence-corrected chi connectivity index (χ1v) is 12.5. The maximum absolute atomic E-state index is 12.9. The highest BCUT2D eigenvalue weighted by Crippen LogP contribution is 2.30. The Bertz CT molecular complexity index is 1100. The van der Waals surface area contributed by atoms with Crippen molar-refractivity contribution in [2.24, 2.45) is 4.99 Å². The number of aliphatic imine (C=N–C) groups is 1. The molecule has 8 nitrogen and oxygen atoms in total. The molecule has 0 N–H and O–H groups in total. The van der Waals surface area contributed by atoms with Gasteiger partial charge < -0.3 is 9.47 Å². The summed E-state index contributed by atoms with van der Waals surface area (Å²) in [6.45, 7) is 4.71. The second kappa shape index (κ2) is 10.4. The smallest absolute Gasteiger partial charge is 0.266 e. The molecule has 172 valence electrons. The van der Waals surface area contributed by atoms with Crippen molar-refractivity contribution in [3.05, 3.63) is 48.5 Å². The molecule has 1 fully saturated rings. The molecule has 0 aliphatic carbocycles. The van der Waals surface area contributed by atoms with Gasteiger partial charge in [-0.15, -0.1) is 0 Å². The molecular weight excluding hydrogens is 450 g/mol. The Morgan fingerprint density at radius 2 is 1.84 bits per heavy atom. The Morgan fingerprint density at radius 3 is 2.50 bits per heavy atom. The van der Waals surface area contributed by atoms with Gasteiger partial charge in [-0.1, -0.05) is 36.9 Å². The molecule has 0 bridgehead atoms. The molecule has 1 saturated heterocycles. The number of hydrogen-bond acceptors (Lipinski definition) is 7. The summed E-state index contributed by atoms with van der Waals surface area (Å²) in [5, 5.41) is 0.672. The van der Waals surface area contributed by atoms with Crippen molar-refractivity contribution in [3.8, 4) is 11.5 Å². The fourth-order valence-electron chi connectivity index (χ4n) is 3.01. The average molecular weight is 478 g/mol. The van der Waals surface area contributed by atoms with Gasteiger partial charge in [0.25, 0.3) is 5.91 Å². The minimum atomic E-state index is -3.58. The first-order valence-electron chi connectivity index (χ1n) is 10.1. The van der Waals surface area contributed by atoms with E-state index in [1.165, 1.54) is 38.0 Å². The van der Waals surface area contributed by atoms with Gasteiger partial charge in [-0.3, -0.25) is 9.69 Å². The number of amidine groups is 1. The minimum Gasteiger partial charge on any atom is -0.490 e. The molecule has 1 atom stereocenters. The molecule has 1 heterocycles. The molecule has 10 heteroatoms. The molecule has 0 spiro atoms. The zero-order chi connectivity index (χ0) is 23.3. The van der Waals surface area contributed by atoms with Crippen molar-refractivity contribution >= 4 is 38.5 Å². The van der Waals surface area contributed by atoms with Crippen molar-refractivity contribution in [3.63, 3.8) is 0 Å². The van der Waals surface area contributed by atoms with Crippen LogP contribution in [0.25, 0.3) is 0 Å². The standard InChI is InChI=1S/C22H27N3O5S2/c1-5-29-19-11-6-7-12-20(19)30-15-21(26)25-14-16(2)31-22(25)23-17-9-8-10-18(13-17)32(27,28)24(3)4/h6-13,16H,5,14-15H2,1-4H3/t16-/m1/s1. The van der Waals surface area contributed by atoms with Gasteiger partial charge in [-0.2, -0.15) is 0 Å². The zero-order valence-corrected chi connectivity index (χ0v) is 20.1. The third kappa shape index (κ3) is 5.62. The SMILES string of the molecule is CCOc1ccccc1OCC(=O)N1C[C@@H](C)SC1=Nc1cccc(S(=O)(=O)N(C)C)c1. The molecule has 0 radical (unpaired) electrons. The molecule has 0 saturated carbocycles. The predicted molar refractivity (Wildman–Crippen MR) is 126 cm³/mol. The zero-order valence-electron chi connectivity index (χ0n) is 18.5. The Morgan fingerprint density at radius 1 is 1.16 bits per heavy atom. The maximum atomic E-state index is 12.9. The molecule has 0 unspecified atom stereocenters. The van der Waals surface area contributed by atoms with E-state index in [1.807, 2.05) is 26.0 Å². The van der Waals surface area contributed by atoms with Crippen molar-refractivity contribution in [1.82, 2.24) is 9.21 Å². The van der Waals surface area contributed by atoms with Crippen LogP contribution >= 0.6 is 11.8 Å². The van der Waals surface area contributed by atoms with E-state index < -0.39 is 10.0 Å². The fraction of sp³-hybridized carbons (Fsp3) is 0.364. The van der Waals surface area contributed by atoms with E-state index in [4.69, 9.17) is 9.47 Å². The van der Waals surface area contributed by atoms with E-state index in [-0.39, 0.29) is 22.7 Å². The van der Waals surface area contributed by atoms with Crippen molar-refractivity contribution in [1.29, 1.82) is 0 Å². The number of thioether (sulfide) groups is 1. The summed E-state index contributed by atoms with van der Waals surface area (Å²) in [5.74, 6) is 0.853. The average Bonchev–Trinajstić information content (AvgIpc) is 3.13. The molecular formula is C22H27N3O5S2. The molecule has 0 aromatic heterocycles. The highest BCUT2D eigenvalue weighted by molar-refractivity contribution is 8.14. The van der Waals surface area contributed by atoms with Crippen molar-refractivity contribution < 1.29 is 22.7 Å². The number of rotatable bonds is 8. The largest absolute Gasteiger partial charge is 0.490 e. The van der Waals surface area contributed by atoms with Gasteiger partial charge in [-0.25, -0.2) is 17.7 Å². The summed E-state index contributed by atoms with van der Waals surface area (Å²) in [7, 11) is -0.620. The predicted octanol–water partition coefficient (Wildman–Crippen LogP) is 3.37. The van der Waals surface area contributed by atoms with E-state index in [2.05, 4.69) is 4.99 Å². The second-order valence-electron chi connectivity index (χ2n) is 7.28. The van der Waals surface area contributed by atoms with E-state index >= 15 is 0 Å². The van der Waals surface area contributed by atoms with Gasteiger partial charge in [0.2, 0.25) is 10.0 Å². The third-order valence-electron chi connectivity index (χ3n) is 4.60. The summed E-state index contributed by atoms with van der Waals surface area (Å²) in [5.41, 5.74) is 0.463. The van der Waals surface area contributed by atoms with Crippen LogP contribution in [-0.4, -0.2) is 67.8 Å². The quantitative estimate of drug-likeness (QED) is 0.579. The molecule has 1 amide bonds. The lowest BCUT2D eigenvalue weighted by Crippen LogP contribution is -2.36. The first kappa shape index (κ1) is 24.1. The number of hydrogen-bond donors (Lipinski definition) is 0. The number of sulfonamides is 1. The van der Waals surface area contributed by atoms with E-state index in [9.17, 15) is 13.2 Å². The van der Waals surface area contributed by atoms with Crippen LogP contribution < -0.4 is 9.47 Å². The highest BCUT2D eigenvalue weighted by atomic mass is 32.2. The Kier molecular flexibility index (Phi) is 7.81. The van der Waals surface area contributed by atoms with E-state index in [0.717, 1.165) is 4.31 Å². The number of carbonyl (C=O) groups excluding carboxylic acids is 1. The molecule has 1 aliphatic heterocycles. The van der Waals surface area contributed by atoms with Gasteiger partial charge in [0, 0.05) is 25.9 Å². The molecule has 2 aromatic rings. The van der Waals surface area contributed by atoms with Gasteiger partial charge in [0.1, 0.15) is 0 Å². The van der Waals surface area contributed by atoms with E-state index in [1.54, 1.807) is 29.2 Å². The highest BCUT2D eigenvalue weighted by Gasteiger charge is 2.31. The van der Waals surface area contributed by atoms with Crippen LogP contribution in [0, 0.1) is 0 Å². The lowest BCUT2D eigenvalue weighted by atomic mass is 10.3. The van der Waals surface area contributed by atoms with Crippen LogP contribution in [0.3, 0.4) is 0 Å². The number of ether oxygens (including phenoxy) is 2. The Balaban J connectivity index is 1.78. The van der Waals surface area contributed by atoms with Gasteiger partial charge in [0.15, 0.2) is 23.3 Å². The fourth-order valence-corrected chi connectivity index (χ4v) is 4.99. The van der Waals surface area contributed by atoms with Crippen molar-refractivity contribution in [2.45, 2.75) is 24.0 Å². The summed E-state index contributed by atoms with van der Waals surface area (Å²) >= 11 is 1.46. The summed E-state index contributed by atoms with van der Waals surface area (Å²) in [6.07, 6.45) is 0. The topological polar surface area (TPSA) is 88.5 Å². The minimum absolute atomic E-state index is 0.147. The van der Waals surface area contributed by atoms with Gasteiger partial charge in [0.05, 0.1) is 17.2 Å². The number of nitrogens with zero attached hydrogens (tertiary/aromatic N) is 3. The number of amides is 1. The van der Waals surface area contributed by atoms with Crippen LogP contribution in [0.1, 0.15) is 13.8 Å². The molecule has 2 aromatic carbocycles. The molecule has 1 aliphatic rings. The third-order valence-corrected chi connectivity index (χ3v) is 7.48. The maximum Gasteiger partial charge on any atom is 0.266 e. The lowest BCUT2D eigenvalue weighted by Gasteiger charge is -2.17. The monoisotopic (exact) mass is 477 g/mol. The van der Waals surface area contributed by atoms with Gasteiger partial charge in [-0.05, 0) is 37.3 Å². The van der Waals surface area contributed by atoms with Crippen molar-refractivity contribution in [2.75, 3.05) is 33.9 Å². The first-order chi connectivity index (χ1) is 15.2. The van der Waals surface area contributed by atoms with Crippen LogP contribution in [-0.2, 0) is 14.8 Å². The number of para-hydroxylation sites is 2. The van der Waals surface area contributed by atoms with Crippen LogP contribution in [0.4, 0.5) is 5.69 Å². The number of carbonyl (C=O) groups is 1. The summed E-state index contributed by atoms with van der Waals surface area (Å²) in [4.78, 5) is 19.2.